The molecular weight excluding hydrogens is 595 g/mol. The number of aromatic nitrogens is 4. The van der Waals surface area contributed by atoms with E-state index in [0.717, 1.165) is 22.9 Å². The molecule has 0 spiro atoms. The lowest BCUT2D eigenvalue weighted by Gasteiger charge is -2.14. The van der Waals surface area contributed by atoms with Crippen molar-refractivity contribution in [2.75, 3.05) is 6.61 Å². The molecule has 1 unspecified atom stereocenters. The molecule has 0 saturated heterocycles. The van der Waals surface area contributed by atoms with Gasteiger partial charge in [-0.3, -0.25) is 4.79 Å². The highest BCUT2D eigenvalue weighted by Gasteiger charge is 2.41. The van der Waals surface area contributed by atoms with Crippen LogP contribution in [-0.4, -0.2) is 42.8 Å². The summed E-state index contributed by atoms with van der Waals surface area (Å²) >= 11 is 16.9. The van der Waals surface area contributed by atoms with Crippen LogP contribution in [0.5, 0.6) is 11.6 Å². The van der Waals surface area contributed by atoms with E-state index in [-0.39, 0.29) is 12.2 Å². The van der Waals surface area contributed by atoms with Crippen molar-refractivity contribution in [3.63, 3.8) is 0 Å². The maximum atomic E-state index is 11.1. The van der Waals surface area contributed by atoms with Gasteiger partial charge in [0.1, 0.15) is 23.5 Å². The third-order valence-corrected chi connectivity index (χ3v) is 8.01. The molecule has 4 aromatic rings. The first-order valence-corrected chi connectivity index (χ1v) is 13.7. The van der Waals surface area contributed by atoms with E-state index in [1.54, 1.807) is 19.1 Å². The number of benzene rings is 2. The average molecular weight is 620 g/mol. The summed E-state index contributed by atoms with van der Waals surface area (Å²) in [7, 11) is 0. The molecule has 8 nitrogen and oxygen atoms in total. The Morgan fingerprint density at radius 2 is 2.00 bits per heavy atom. The number of hydrogen-bond acceptors (Lipinski definition) is 6. The van der Waals surface area contributed by atoms with Crippen LogP contribution < -0.4 is 9.47 Å². The Bertz CT molecular complexity index is 1500. The highest BCUT2D eigenvalue weighted by Crippen LogP contribution is 2.41. The van der Waals surface area contributed by atoms with Crippen LogP contribution in [0.2, 0.25) is 10.0 Å². The zero-order chi connectivity index (χ0) is 27.0. The van der Waals surface area contributed by atoms with Gasteiger partial charge in [0.25, 0.3) is 0 Å². The number of carbonyl (C=O) groups is 1. The maximum Gasteiger partial charge on any atom is 0.306 e. The number of ether oxygens (including phenoxy) is 2. The molecule has 2 aromatic carbocycles. The highest BCUT2D eigenvalue weighted by atomic mass is 79.9. The Labute approximate surface area is 238 Å². The Hall–Kier alpha value is -2.88. The standard InChI is InChI=1S/C27H25BrCl2N4O4/c1-15(26(35)36)8-11-37-16-6-7-17(21(30)12-16)23-33-22-24(31-14-32-25(22)38-27(2)9-10-27)34(23)13-18-19(28)4-3-5-20(18)29/h3-7,12,14-15H,8-11,13H2,1-2H3,(H,35,36). The summed E-state index contributed by atoms with van der Waals surface area (Å²) < 4.78 is 14.8. The van der Waals surface area contributed by atoms with Crippen LogP contribution >= 0.6 is 39.1 Å². The van der Waals surface area contributed by atoms with Gasteiger partial charge < -0.3 is 19.1 Å². The summed E-state index contributed by atoms with van der Waals surface area (Å²) in [5.74, 6) is 0.196. The molecule has 11 heteroatoms. The van der Waals surface area contributed by atoms with Gasteiger partial charge in [-0.05, 0) is 56.5 Å². The van der Waals surface area contributed by atoms with Gasteiger partial charge in [-0.25, -0.2) is 9.97 Å². The number of rotatable bonds is 10. The molecule has 198 valence electrons. The van der Waals surface area contributed by atoms with E-state index in [1.807, 2.05) is 35.8 Å². The normalized spacial score (nSPS) is 14.9. The van der Waals surface area contributed by atoms with E-state index in [4.69, 9.17) is 42.8 Å². The predicted molar refractivity (Wildman–Crippen MR) is 149 cm³/mol. The fraction of sp³-hybridized carbons (Fsp3) is 0.333. The Kier molecular flexibility index (Phi) is 7.53. The Morgan fingerprint density at radius 1 is 1.21 bits per heavy atom. The van der Waals surface area contributed by atoms with Gasteiger partial charge in [0.15, 0.2) is 11.2 Å². The van der Waals surface area contributed by atoms with E-state index >= 15 is 0 Å². The van der Waals surface area contributed by atoms with Crippen LogP contribution in [0.1, 0.15) is 38.7 Å². The van der Waals surface area contributed by atoms with Crippen LogP contribution in [0.3, 0.4) is 0 Å². The van der Waals surface area contributed by atoms with Gasteiger partial charge in [-0.2, -0.15) is 4.98 Å². The smallest absolute Gasteiger partial charge is 0.306 e. The first kappa shape index (κ1) is 26.7. The zero-order valence-corrected chi connectivity index (χ0v) is 23.8. The number of imidazole rings is 1. The molecule has 0 bridgehead atoms. The first-order chi connectivity index (χ1) is 18.1. The second-order valence-corrected chi connectivity index (χ2v) is 11.3. The summed E-state index contributed by atoms with van der Waals surface area (Å²) in [6, 6.07) is 11.0. The molecule has 1 atom stereocenters. The van der Waals surface area contributed by atoms with Gasteiger partial charge in [-0.1, -0.05) is 52.1 Å². The van der Waals surface area contributed by atoms with E-state index in [9.17, 15) is 4.79 Å². The summed E-state index contributed by atoms with van der Waals surface area (Å²) in [5, 5.41) is 10.1. The second-order valence-electron chi connectivity index (χ2n) is 9.64. The van der Waals surface area contributed by atoms with Crippen LogP contribution in [-0.2, 0) is 11.3 Å². The van der Waals surface area contributed by atoms with E-state index in [1.165, 1.54) is 6.33 Å². The molecule has 1 aliphatic carbocycles. The first-order valence-electron chi connectivity index (χ1n) is 12.1. The molecule has 0 radical (unpaired) electrons. The predicted octanol–water partition coefficient (Wildman–Crippen LogP) is 7.03. The topological polar surface area (TPSA) is 99.4 Å². The largest absolute Gasteiger partial charge is 0.494 e. The molecule has 5 rings (SSSR count). The van der Waals surface area contributed by atoms with E-state index in [0.29, 0.717) is 57.2 Å². The molecule has 2 heterocycles. The number of carboxylic acids is 1. The SMILES string of the molecule is CC(CCOc1ccc(-c2nc3c(OC4(C)CC4)ncnc3n2Cc2c(Cl)cccc2Br)c(Cl)c1)C(=O)O. The molecule has 2 aromatic heterocycles. The van der Waals surface area contributed by atoms with Crippen LogP contribution in [0.15, 0.2) is 47.2 Å². The van der Waals surface area contributed by atoms with Crippen molar-refractivity contribution in [2.24, 2.45) is 5.92 Å². The van der Waals surface area contributed by atoms with Crippen molar-refractivity contribution in [3.8, 4) is 23.0 Å². The summed E-state index contributed by atoms with van der Waals surface area (Å²) in [6.07, 6.45) is 3.77. The van der Waals surface area contributed by atoms with Crippen molar-refractivity contribution in [3.05, 3.63) is 62.8 Å². The second kappa shape index (κ2) is 10.7. The lowest BCUT2D eigenvalue weighted by atomic mass is 10.1. The van der Waals surface area contributed by atoms with Gasteiger partial charge in [-0.15, -0.1) is 0 Å². The quantitative estimate of drug-likeness (QED) is 0.203. The molecule has 0 amide bonds. The van der Waals surface area contributed by atoms with Crippen molar-refractivity contribution in [1.82, 2.24) is 19.5 Å². The van der Waals surface area contributed by atoms with Gasteiger partial charge in [0.2, 0.25) is 5.88 Å². The number of nitrogens with zero attached hydrogens (tertiary/aromatic N) is 4. The third kappa shape index (κ3) is 5.60. The summed E-state index contributed by atoms with van der Waals surface area (Å²) in [4.78, 5) is 24.9. The molecule has 1 saturated carbocycles. The minimum Gasteiger partial charge on any atom is -0.494 e. The Morgan fingerprint density at radius 3 is 2.68 bits per heavy atom. The molecular formula is C27H25BrCl2N4O4. The molecule has 1 N–H and O–H groups in total. The fourth-order valence-electron chi connectivity index (χ4n) is 3.94. The average Bonchev–Trinajstić information content (AvgIpc) is 3.48. The molecule has 1 aliphatic rings. The number of aliphatic carboxylic acids is 1. The van der Waals surface area contributed by atoms with Crippen molar-refractivity contribution in [2.45, 2.75) is 45.3 Å². The number of carboxylic acid groups (broad SMARTS) is 1. The number of hydrogen-bond donors (Lipinski definition) is 1. The van der Waals surface area contributed by atoms with Crippen molar-refractivity contribution < 1.29 is 19.4 Å². The molecule has 1 fully saturated rings. The summed E-state index contributed by atoms with van der Waals surface area (Å²) in [5.41, 5.74) is 2.43. The highest BCUT2D eigenvalue weighted by molar-refractivity contribution is 9.10. The minimum absolute atomic E-state index is 0.244. The lowest BCUT2D eigenvalue weighted by molar-refractivity contribution is -0.141. The monoisotopic (exact) mass is 618 g/mol. The Balaban J connectivity index is 1.55. The number of fused-ring (bicyclic) bond motifs is 1. The van der Waals surface area contributed by atoms with Gasteiger partial charge >= 0.3 is 5.97 Å². The minimum atomic E-state index is -0.854. The van der Waals surface area contributed by atoms with Crippen LogP contribution in [0.25, 0.3) is 22.6 Å². The summed E-state index contributed by atoms with van der Waals surface area (Å²) in [6.45, 7) is 4.33. The lowest BCUT2D eigenvalue weighted by Crippen LogP contribution is -2.13. The molecule has 38 heavy (non-hydrogen) atoms. The van der Waals surface area contributed by atoms with Gasteiger partial charge in [0.05, 0.1) is 24.1 Å². The third-order valence-electron chi connectivity index (χ3n) is 6.60. The van der Waals surface area contributed by atoms with Crippen molar-refractivity contribution >= 4 is 56.3 Å². The van der Waals surface area contributed by atoms with E-state index in [2.05, 4.69) is 25.9 Å². The van der Waals surface area contributed by atoms with Crippen LogP contribution in [0, 0.1) is 5.92 Å². The van der Waals surface area contributed by atoms with Crippen LogP contribution in [0.4, 0.5) is 0 Å². The van der Waals surface area contributed by atoms with E-state index < -0.39 is 11.9 Å². The van der Waals surface area contributed by atoms with Gasteiger partial charge in [0, 0.05) is 20.6 Å². The molecule has 0 aliphatic heterocycles. The maximum absolute atomic E-state index is 11.1. The fourth-order valence-corrected chi connectivity index (χ4v) is 5.04. The zero-order valence-electron chi connectivity index (χ0n) is 20.7. The van der Waals surface area contributed by atoms with Crippen molar-refractivity contribution in [1.29, 1.82) is 0 Å². The number of halogens is 3.